The zero-order valence-electron chi connectivity index (χ0n) is 11.0. The molecule has 0 unspecified atom stereocenters. The molecule has 1 aromatic heterocycles. The fraction of sp³-hybridized carbons (Fsp3) is 0.231. The van der Waals surface area contributed by atoms with E-state index in [9.17, 15) is 4.79 Å². The first kappa shape index (κ1) is 14.4. The molecule has 0 aliphatic carbocycles. The van der Waals surface area contributed by atoms with E-state index in [1.54, 1.807) is 20.1 Å². The monoisotopic (exact) mass is 340 g/mol. The Balaban J connectivity index is 2.13. The maximum Gasteiger partial charge on any atom is 0.346 e. The van der Waals surface area contributed by atoms with Crippen molar-refractivity contribution in [1.29, 1.82) is 0 Å². The maximum atomic E-state index is 12.0. The molecule has 6 nitrogen and oxygen atoms in total. The number of nitrogens with two attached hydrogens (primary N) is 1. The van der Waals surface area contributed by atoms with Crippen molar-refractivity contribution in [2.75, 3.05) is 12.8 Å². The van der Waals surface area contributed by atoms with Gasteiger partial charge in [-0.3, -0.25) is 0 Å². The van der Waals surface area contributed by atoms with Crippen LogP contribution in [0.3, 0.4) is 0 Å². The second-order valence-corrected chi connectivity index (χ2v) is 4.96. The number of aromatic nitrogens is 1. The lowest BCUT2D eigenvalue weighted by molar-refractivity contribution is 0.0470. The molecule has 7 heteroatoms. The number of hydrogen-bond acceptors (Lipinski definition) is 6. The third kappa shape index (κ3) is 2.93. The second-order valence-electron chi connectivity index (χ2n) is 4.04. The highest BCUT2D eigenvalue weighted by Gasteiger charge is 2.20. The molecule has 0 aliphatic heterocycles. The highest BCUT2D eigenvalue weighted by atomic mass is 79.9. The average molecular weight is 341 g/mol. The summed E-state index contributed by atoms with van der Waals surface area (Å²) in [6.07, 6.45) is 0. The topological polar surface area (TPSA) is 87.6 Å². The summed E-state index contributed by atoms with van der Waals surface area (Å²) in [5, 5.41) is 3.61. The number of methoxy groups -OCH3 is 1. The number of aryl methyl sites for hydroxylation is 1. The molecule has 1 heterocycles. The zero-order chi connectivity index (χ0) is 14.7. The number of carbonyl (C=O) groups is 1. The van der Waals surface area contributed by atoms with Crippen molar-refractivity contribution >= 4 is 27.8 Å². The molecule has 0 atom stereocenters. The number of ether oxygens (including phenoxy) is 2. The Hall–Kier alpha value is -2.02. The van der Waals surface area contributed by atoms with Crippen LogP contribution in [0.5, 0.6) is 5.75 Å². The van der Waals surface area contributed by atoms with Crippen LogP contribution in [0.1, 0.15) is 21.6 Å². The summed E-state index contributed by atoms with van der Waals surface area (Å²) in [7, 11) is 1.55. The zero-order valence-corrected chi connectivity index (χ0v) is 12.6. The molecule has 106 valence electrons. The predicted octanol–water partition coefficient (Wildman–Crippen LogP) is 2.69. The Morgan fingerprint density at radius 3 is 2.85 bits per heavy atom. The summed E-state index contributed by atoms with van der Waals surface area (Å²) in [4.78, 5) is 12.0. The molecule has 0 fully saturated rings. The standard InChI is InChI=1S/C13H13BrN2O4/c1-7-11(12(15)20-16-7)13(17)19-6-8-5-9(14)3-4-10(8)18-2/h3-5H,6,15H2,1-2H3. The van der Waals surface area contributed by atoms with E-state index in [0.29, 0.717) is 11.4 Å². The molecular formula is C13H13BrN2O4. The van der Waals surface area contributed by atoms with Gasteiger partial charge in [-0.05, 0) is 25.1 Å². The number of nitrogens with zero attached hydrogens (tertiary/aromatic N) is 1. The van der Waals surface area contributed by atoms with Crippen LogP contribution < -0.4 is 10.5 Å². The molecule has 20 heavy (non-hydrogen) atoms. The first-order valence-electron chi connectivity index (χ1n) is 5.74. The minimum atomic E-state index is -0.580. The van der Waals surface area contributed by atoms with Gasteiger partial charge in [0.15, 0.2) is 0 Å². The molecule has 0 aliphatic rings. The first-order valence-corrected chi connectivity index (χ1v) is 6.53. The summed E-state index contributed by atoms with van der Waals surface area (Å²) < 4.78 is 16.0. The molecule has 0 spiro atoms. The van der Waals surface area contributed by atoms with Crippen LogP contribution >= 0.6 is 15.9 Å². The van der Waals surface area contributed by atoms with E-state index in [1.807, 2.05) is 12.1 Å². The number of anilines is 1. The van der Waals surface area contributed by atoms with E-state index in [-0.39, 0.29) is 18.1 Å². The van der Waals surface area contributed by atoms with Gasteiger partial charge in [0.25, 0.3) is 0 Å². The average Bonchev–Trinajstić information content (AvgIpc) is 2.76. The van der Waals surface area contributed by atoms with Gasteiger partial charge in [-0.1, -0.05) is 21.1 Å². The summed E-state index contributed by atoms with van der Waals surface area (Å²) in [5.41, 5.74) is 6.82. The Labute approximate surface area is 124 Å². The van der Waals surface area contributed by atoms with E-state index in [2.05, 4.69) is 21.1 Å². The van der Waals surface area contributed by atoms with Crippen molar-refractivity contribution in [1.82, 2.24) is 5.16 Å². The van der Waals surface area contributed by atoms with Crippen LogP contribution in [-0.4, -0.2) is 18.2 Å². The van der Waals surface area contributed by atoms with Crippen molar-refractivity contribution in [3.05, 3.63) is 39.5 Å². The number of rotatable bonds is 4. The molecule has 2 rings (SSSR count). The highest BCUT2D eigenvalue weighted by molar-refractivity contribution is 9.10. The van der Waals surface area contributed by atoms with E-state index in [1.165, 1.54) is 0 Å². The fourth-order valence-electron chi connectivity index (χ4n) is 1.71. The van der Waals surface area contributed by atoms with Gasteiger partial charge in [0, 0.05) is 10.0 Å². The summed E-state index contributed by atoms with van der Waals surface area (Å²) >= 11 is 3.35. The van der Waals surface area contributed by atoms with Gasteiger partial charge in [0.1, 0.15) is 17.9 Å². The first-order chi connectivity index (χ1) is 9.52. The summed E-state index contributed by atoms with van der Waals surface area (Å²) in [6, 6.07) is 5.44. The van der Waals surface area contributed by atoms with Gasteiger partial charge in [-0.2, -0.15) is 0 Å². The lowest BCUT2D eigenvalue weighted by atomic mass is 10.2. The van der Waals surface area contributed by atoms with Gasteiger partial charge in [-0.25, -0.2) is 4.79 Å². The molecule has 0 bridgehead atoms. The second kappa shape index (κ2) is 5.96. The molecule has 0 radical (unpaired) electrons. The maximum absolute atomic E-state index is 12.0. The van der Waals surface area contributed by atoms with Crippen molar-refractivity contribution in [2.45, 2.75) is 13.5 Å². The van der Waals surface area contributed by atoms with Gasteiger partial charge in [-0.15, -0.1) is 0 Å². The van der Waals surface area contributed by atoms with Crippen LogP contribution in [-0.2, 0) is 11.3 Å². The molecule has 2 N–H and O–H groups in total. The van der Waals surface area contributed by atoms with Crippen LogP contribution in [0, 0.1) is 6.92 Å². The van der Waals surface area contributed by atoms with Crippen LogP contribution in [0.15, 0.2) is 27.2 Å². The predicted molar refractivity (Wildman–Crippen MR) is 75.5 cm³/mol. The molecule has 0 amide bonds. The molecule has 0 saturated carbocycles. The number of carbonyl (C=O) groups excluding carboxylic acids is 1. The largest absolute Gasteiger partial charge is 0.496 e. The third-order valence-corrected chi connectivity index (χ3v) is 3.19. The SMILES string of the molecule is COc1ccc(Br)cc1COC(=O)c1c(C)noc1N. The molecule has 0 saturated heterocycles. The quantitative estimate of drug-likeness (QED) is 0.861. The van der Waals surface area contributed by atoms with Gasteiger partial charge in [0.05, 0.1) is 12.8 Å². The normalized spacial score (nSPS) is 10.3. The van der Waals surface area contributed by atoms with Gasteiger partial charge >= 0.3 is 5.97 Å². The summed E-state index contributed by atoms with van der Waals surface area (Å²) in [6.45, 7) is 1.68. The van der Waals surface area contributed by atoms with Crippen molar-refractivity contribution in [2.24, 2.45) is 0 Å². The Kier molecular flexibility index (Phi) is 4.29. The lowest BCUT2D eigenvalue weighted by Gasteiger charge is -2.09. The fourth-order valence-corrected chi connectivity index (χ4v) is 2.12. The Morgan fingerprint density at radius 1 is 1.50 bits per heavy atom. The van der Waals surface area contributed by atoms with Crippen LogP contribution in [0.25, 0.3) is 0 Å². The highest BCUT2D eigenvalue weighted by Crippen LogP contribution is 2.24. The van der Waals surface area contributed by atoms with E-state index in [0.717, 1.165) is 10.0 Å². The molecule has 2 aromatic rings. The van der Waals surface area contributed by atoms with Gasteiger partial charge in [0.2, 0.25) is 5.88 Å². The van der Waals surface area contributed by atoms with Crippen LogP contribution in [0.2, 0.25) is 0 Å². The van der Waals surface area contributed by atoms with Crippen LogP contribution in [0.4, 0.5) is 5.88 Å². The molecular weight excluding hydrogens is 328 g/mol. The number of hydrogen-bond donors (Lipinski definition) is 1. The Morgan fingerprint density at radius 2 is 2.25 bits per heavy atom. The van der Waals surface area contributed by atoms with Crippen molar-refractivity contribution in [3.63, 3.8) is 0 Å². The summed E-state index contributed by atoms with van der Waals surface area (Å²) in [5.74, 6) is 0.00741. The minimum absolute atomic E-state index is 0.0475. The lowest BCUT2D eigenvalue weighted by Crippen LogP contribution is -2.08. The van der Waals surface area contributed by atoms with E-state index < -0.39 is 5.97 Å². The Bertz CT molecular complexity index is 620. The third-order valence-electron chi connectivity index (χ3n) is 2.69. The van der Waals surface area contributed by atoms with E-state index in [4.69, 9.17) is 19.7 Å². The number of benzene rings is 1. The molecule has 1 aromatic carbocycles. The smallest absolute Gasteiger partial charge is 0.346 e. The minimum Gasteiger partial charge on any atom is -0.496 e. The number of halogens is 1. The van der Waals surface area contributed by atoms with Crippen molar-refractivity contribution in [3.8, 4) is 5.75 Å². The number of nitrogen functional groups attached to an aromatic ring is 1. The van der Waals surface area contributed by atoms with E-state index >= 15 is 0 Å². The van der Waals surface area contributed by atoms with Crippen molar-refractivity contribution < 1.29 is 18.8 Å². The van der Waals surface area contributed by atoms with Gasteiger partial charge < -0.3 is 19.7 Å². The number of esters is 1.